The number of hydrogen-bond acceptors (Lipinski definition) is 7. The van der Waals surface area contributed by atoms with Crippen molar-refractivity contribution in [1.29, 1.82) is 0 Å². The van der Waals surface area contributed by atoms with Crippen LogP contribution in [0.3, 0.4) is 0 Å². The molecule has 0 fully saturated rings. The SMILES string of the molecule is COc1cc(C(C)=O)ccc1OCC(=O)OCCN1C(=O)c2ccccc2C1=O. The van der Waals surface area contributed by atoms with Gasteiger partial charge in [-0.2, -0.15) is 0 Å². The van der Waals surface area contributed by atoms with E-state index in [1.54, 1.807) is 30.3 Å². The van der Waals surface area contributed by atoms with Crippen LogP contribution in [0.4, 0.5) is 0 Å². The first-order valence-electron chi connectivity index (χ1n) is 8.85. The Bertz CT molecular complexity index is 948. The van der Waals surface area contributed by atoms with Gasteiger partial charge in [0.25, 0.3) is 11.8 Å². The van der Waals surface area contributed by atoms with Crippen molar-refractivity contribution in [3.63, 3.8) is 0 Å². The second-order valence-electron chi connectivity index (χ2n) is 6.24. The van der Waals surface area contributed by atoms with E-state index in [4.69, 9.17) is 14.2 Å². The highest BCUT2D eigenvalue weighted by Gasteiger charge is 2.34. The predicted octanol–water partition coefficient (Wildman–Crippen LogP) is 2.12. The lowest BCUT2D eigenvalue weighted by Gasteiger charge is -2.14. The number of ketones is 1. The number of nitrogens with zero attached hydrogens (tertiary/aromatic N) is 1. The van der Waals surface area contributed by atoms with Crippen LogP contribution in [0.25, 0.3) is 0 Å². The Morgan fingerprint density at radius 3 is 2.21 bits per heavy atom. The zero-order valence-corrected chi connectivity index (χ0v) is 16.0. The number of carbonyl (C=O) groups is 4. The van der Waals surface area contributed by atoms with Gasteiger partial charge in [0.1, 0.15) is 6.61 Å². The summed E-state index contributed by atoms with van der Waals surface area (Å²) in [7, 11) is 1.42. The molecule has 1 aliphatic heterocycles. The molecule has 0 aromatic heterocycles. The van der Waals surface area contributed by atoms with Gasteiger partial charge in [0.2, 0.25) is 0 Å². The van der Waals surface area contributed by atoms with Crippen LogP contribution in [0.5, 0.6) is 11.5 Å². The number of imide groups is 1. The average Bonchev–Trinajstić information content (AvgIpc) is 2.97. The van der Waals surface area contributed by atoms with E-state index in [2.05, 4.69) is 0 Å². The normalized spacial score (nSPS) is 12.6. The Morgan fingerprint density at radius 2 is 1.62 bits per heavy atom. The summed E-state index contributed by atoms with van der Waals surface area (Å²) in [6.45, 7) is 0.849. The summed E-state index contributed by atoms with van der Waals surface area (Å²) < 4.78 is 15.6. The number of carbonyl (C=O) groups excluding carboxylic acids is 4. The number of esters is 1. The summed E-state index contributed by atoms with van der Waals surface area (Å²) >= 11 is 0. The molecular formula is C21H19NO7. The maximum atomic E-state index is 12.2. The van der Waals surface area contributed by atoms with E-state index in [1.165, 1.54) is 26.2 Å². The Kier molecular flexibility index (Phi) is 5.92. The van der Waals surface area contributed by atoms with Crippen LogP contribution in [0.15, 0.2) is 42.5 Å². The average molecular weight is 397 g/mol. The van der Waals surface area contributed by atoms with Crippen LogP contribution in [-0.4, -0.2) is 55.3 Å². The Balaban J connectivity index is 1.50. The molecule has 2 aromatic carbocycles. The number of hydrogen-bond donors (Lipinski definition) is 0. The molecule has 0 atom stereocenters. The van der Waals surface area contributed by atoms with E-state index in [9.17, 15) is 19.2 Å². The van der Waals surface area contributed by atoms with Crippen molar-refractivity contribution < 1.29 is 33.4 Å². The lowest BCUT2D eigenvalue weighted by Crippen LogP contribution is -2.34. The van der Waals surface area contributed by atoms with E-state index < -0.39 is 24.4 Å². The number of rotatable bonds is 8. The highest BCUT2D eigenvalue weighted by Crippen LogP contribution is 2.28. The van der Waals surface area contributed by atoms with Gasteiger partial charge < -0.3 is 14.2 Å². The molecule has 0 unspecified atom stereocenters. The minimum atomic E-state index is -0.667. The third kappa shape index (κ3) is 4.26. The molecule has 29 heavy (non-hydrogen) atoms. The molecule has 8 heteroatoms. The third-order valence-corrected chi connectivity index (χ3v) is 4.37. The number of ether oxygens (including phenoxy) is 3. The maximum Gasteiger partial charge on any atom is 0.344 e. The van der Waals surface area contributed by atoms with E-state index in [0.29, 0.717) is 22.4 Å². The van der Waals surface area contributed by atoms with Gasteiger partial charge >= 0.3 is 5.97 Å². The van der Waals surface area contributed by atoms with Crippen molar-refractivity contribution in [2.75, 3.05) is 26.9 Å². The molecule has 1 aliphatic rings. The van der Waals surface area contributed by atoms with Gasteiger partial charge in [-0.15, -0.1) is 0 Å². The fourth-order valence-corrected chi connectivity index (χ4v) is 2.88. The number of methoxy groups -OCH3 is 1. The van der Waals surface area contributed by atoms with Crippen LogP contribution in [0, 0.1) is 0 Å². The van der Waals surface area contributed by atoms with Gasteiger partial charge in [-0.1, -0.05) is 12.1 Å². The summed E-state index contributed by atoms with van der Waals surface area (Å²) in [5.74, 6) is -1.01. The fourth-order valence-electron chi connectivity index (χ4n) is 2.88. The molecule has 1 heterocycles. The van der Waals surface area contributed by atoms with Crippen molar-refractivity contribution in [2.45, 2.75) is 6.92 Å². The largest absolute Gasteiger partial charge is 0.493 e. The number of Topliss-reactive ketones (excluding diaryl/α,β-unsaturated/α-hetero) is 1. The lowest BCUT2D eigenvalue weighted by atomic mass is 10.1. The fraction of sp³-hybridized carbons (Fsp3) is 0.238. The molecule has 0 N–H and O–H groups in total. The first-order valence-corrected chi connectivity index (χ1v) is 8.85. The van der Waals surface area contributed by atoms with Crippen molar-refractivity contribution >= 4 is 23.6 Å². The van der Waals surface area contributed by atoms with Crippen molar-refractivity contribution in [3.05, 3.63) is 59.2 Å². The standard InChI is InChI=1S/C21H19NO7/c1-13(23)14-7-8-17(18(11-14)27-2)29-12-19(24)28-10-9-22-20(25)15-5-3-4-6-16(15)21(22)26/h3-8,11H,9-10,12H2,1-2H3. The Morgan fingerprint density at radius 1 is 0.966 bits per heavy atom. The molecule has 0 spiro atoms. The second kappa shape index (κ2) is 8.55. The second-order valence-corrected chi connectivity index (χ2v) is 6.24. The summed E-state index contributed by atoms with van der Waals surface area (Å²) in [6, 6.07) is 11.1. The number of benzene rings is 2. The zero-order chi connectivity index (χ0) is 21.0. The van der Waals surface area contributed by atoms with Crippen LogP contribution in [-0.2, 0) is 9.53 Å². The molecule has 0 saturated heterocycles. The quantitative estimate of drug-likeness (QED) is 0.382. The summed E-state index contributed by atoms with van der Waals surface area (Å²) in [4.78, 5) is 48.9. The first kappa shape index (κ1) is 20.1. The zero-order valence-electron chi connectivity index (χ0n) is 16.0. The predicted molar refractivity (Wildman–Crippen MR) is 101 cm³/mol. The highest BCUT2D eigenvalue weighted by atomic mass is 16.6. The summed E-state index contributed by atoms with van der Waals surface area (Å²) in [6.07, 6.45) is 0. The molecule has 2 amide bonds. The van der Waals surface area contributed by atoms with Crippen LogP contribution in [0.2, 0.25) is 0 Å². The van der Waals surface area contributed by atoms with E-state index in [1.807, 2.05) is 0 Å². The smallest absolute Gasteiger partial charge is 0.344 e. The van der Waals surface area contributed by atoms with Crippen LogP contribution >= 0.6 is 0 Å². The van der Waals surface area contributed by atoms with E-state index in [-0.39, 0.29) is 24.7 Å². The van der Waals surface area contributed by atoms with Crippen molar-refractivity contribution in [3.8, 4) is 11.5 Å². The molecule has 2 aromatic rings. The Hall–Kier alpha value is -3.68. The molecule has 0 aliphatic carbocycles. The lowest BCUT2D eigenvalue weighted by molar-refractivity contribution is -0.146. The van der Waals surface area contributed by atoms with Crippen molar-refractivity contribution in [1.82, 2.24) is 4.90 Å². The summed E-state index contributed by atoms with van der Waals surface area (Å²) in [5.41, 5.74) is 1.14. The van der Waals surface area contributed by atoms with Crippen LogP contribution in [0.1, 0.15) is 38.0 Å². The minimum absolute atomic E-state index is 0.0469. The molecule has 0 radical (unpaired) electrons. The monoisotopic (exact) mass is 397 g/mol. The van der Waals surface area contributed by atoms with Gasteiger partial charge in [0.15, 0.2) is 23.9 Å². The molecule has 3 rings (SSSR count). The molecule has 8 nitrogen and oxygen atoms in total. The minimum Gasteiger partial charge on any atom is -0.493 e. The van der Waals surface area contributed by atoms with Crippen molar-refractivity contribution in [2.24, 2.45) is 0 Å². The topological polar surface area (TPSA) is 99.2 Å². The maximum absolute atomic E-state index is 12.2. The summed E-state index contributed by atoms with van der Waals surface area (Å²) in [5, 5.41) is 0. The van der Waals surface area contributed by atoms with Gasteiger partial charge in [-0.05, 0) is 37.3 Å². The molecule has 0 saturated carbocycles. The van der Waals surface area contributed by atoms with Gasteiger partial charge in [-0.3, -0.25) is 19.3 Å². The van der Waals surface area contributed by atoms with Gasteiger partial charge in [0.05, 0.1) is 24.8 Å². The number of fused-ring (bicyclic) bond motifs is 1. The third-order valence-electron chi connectivity index (χ3n) is 4.37. The van der Waals surface area contributed by atoms with Gasteiger partial charge in [0, 0.05) is 5.56 Å². The van der Waals surface area contributed by atoms with E-state index in [0.717, 1.165) is 4.90 Å². The highest BCUT2D eigenvalue weighted by molar-refractivity contribution is 6.21. The van der Waals surface area contributed by atoms with Gasteiger partial charge in [-0.25, -0.2) is 4.79 Å². The molecule has 150 valence electrons. The molecule has 0 bridgehead atoms. The first-order chi connectivity index (χ1) is 13.9. The molecular weight excluding hydrogens is 378 g/mol. The van der Waals surface area contributed by atoms with E-state index >= 15 is 0 Å². The van der Waals surface area contributed by atoms with Crippen LogP contribution < -0.4 is 9.47 Å². The Labute approximate surface area is 167 Å². The number of amides is 2.